The molecule has 0 aromatic rings. The monoisotopic (exact) mass is 787 g/mol. The molecule has 0 aliphatic rings. The van der Waals surface area contributed by atoms with Gasteiger partial charge >= 0.3 is 11.9 Å². The number of amides is 3. The van der Waals surface area contributed by atoms with Gasteiger partial charge in [0.15, 0.2) is 0 Å². The summed E-state index contributed by atoms with van der Waals surface area (Å²) in [6.07, 6.45) is 17.6. The zero-order chi connectivity index (χ0) is 40.8. The van der Waals surface area contributed by atoms with Crippen molar-refractivity contribution in [1.82, 2.24) is 16.0 Å². The maximum atomic E-state index is 12.2. The number of aliphatic carboxylic acids is 2. The minimum atomic E-state index is -1.14. The Bertz CT molecular complexity index is 1030. The Hall–Kier alpha value is -3.14. The lowest BCUT2D eigenvalue weighted by molar-refractivity contribution is -0.142. The number of rotatable bonds is 41. The molecular weight excluding hydrogens is 712 g/mol. The standard InChI is InChI=1S/C40H74N4O11/c1-2-3-4-5-6-7-8-9-10-11-15-20-38(48)44-35(40(51)52)22-24-37(47)43-26-17-28-54-30-32-55-31-29-53-27-16-25-42-36(46)23-21-33(45)18-13-12-14-19-34(41)39(49)50/h34-35H,2-32,41H2,1H3,(H,42,46)(H,43,47)(H,44,48)(H,49,50)(H,51,52)/t34-,35-/m0/s1. The Balaban J connectivity index is 3.61. The van der Waals surface area contributed by atoms with Crippen molar-refractivity contribution in [3.05, 3.63) is 0 Å². The van der Waals surface area contributed by atoms with Crippen LogP contribution in [-0.2, 0) is 43.0 Å². The van der Waals surface area contributed by atoms with E-state index >= 15 is 0 Å². The molecule has 0 spiro atoms. The molecule has 55 heavy (non-hydrogen) atoms. The number of ketones is 1. The third kappa shape index (κ3) is 36.3. The van der Waals surface area contributed by atoms with Crippen LogP contribution in [0.4, 0.5) is 0 Å². The van der Waals surface area contributed by atoms with Gasteiger partial charge in [-0.15, -0.1) is 0 Å². The molecule has 0 aromatic carbocycles. The van der Waals surface area contributed by atoms with E-state index in [2.05, 4.69) is 22.9 Å². The third-order valence-corrected chi connectivity index (χ3v) is 9.04. The maximum absolute atomic E-state index is 12.2. The van der Waals surface area contributed by atoms with E-state index in [1.54, 1.807) is 0 Å². The second-order valence-electron chi connectivity index (χ2n) is 14.1. The molecule has 0 saturated heterocycles. The van der Waals surface area contributed by atoms with Crippen molar-refractivity contribution in [2.24, 2.45) is 5.73 Å². The van der Waals surface area contributed by atoms with Crippen LogP contribution in [0.3, 0.4) is 0 Å². The molecule has 15 heteroatoms. The van der Waals surface area contributed by atoms with E-state index in [4.69, 9.17) is 25.1 Å². The molecule has 7 N–H and O–H groups in total. The maximum Gasteiger partial charge on any atom is 0.326 e. The van der Waals surface area contributed by atoms with E-state index in [1.165, 1.54) is 51.4 Å². The summed E-state index contributed by atoms with van der Waals surface area (Å²) in [5.74, 6) is -2.88. The van der Waals surface area contributed by atoms with Gasteiger partial charge in [-0.1, -0.05) is 84.0 Å². The van der Waals surface area contributed by atoms with Gasteiger partial charge in [-0.3, -0.25) is 24.0 Å². The summed E-state index contributed by atoms with van der Waals surface area (Å²) in [5, 5.41) is 26.3. The molecule has 0 saturated carbocycles. The van der Waals surface area contributed by atoms with Gasteiger partial charge in [0, 0.05) is 58.4 Å². The molecule has 15 nitrogen and oxygen atoms in total. The van der Waals surface area contributed by atoms with E-state index in [0.29, 0.717) is 97.7 Å². The first-order chi connectivity index (χ1) is 26.6. The first-order valence-corrected chi connectivity index (χ1v) is 20.9. The topological polar surface area (TPSA) is 233 Å². The van der Waals surface area contributed by atoms with Crippen LogP contribution >= 0.6 is 0 Å². The number of carbonyl (C=O) groups excluding carboxylic acids is 4. The highest BCUT2D eigenvalue weighted by Gasteiger charge is 2.21. The second kappa shape index (κ2) is 37.8. The van der Waals surface area contributed by atoms with Crippen LogP contribution in [0, 0.1) is 0 Å². The number of carbonyl (C=O) groups is 6. The highest BCUT2D eigenvalue weighted by molar-refractivity contribution is 5.85. The zero-order valence-corrected chi connectivity index (χ0v) is 33.7. The first kappa shape index (κ1) is 51.9. The molecule has 0 heterocycles. The summed E-state index contributed by atoms with van der Waals surface area (Å²) in [5.41, 5.74) is 5.45. The number of unbranched alkanes of at least 4 members (excludes halogenated alkanes) is 12. The average Bonchev–Trinajstić information content (AvgIpc) is 3.15. The lowest BCUT2D eigenvalue weighted by Gasteiger charge is -2.14. The number of ether oxygens (including phenoxy) is 3. The number of hydrogen-bond acceptors (Lipinski definition) is 10. The molecule has 0 aliphatic heterocycles. The Morgan fingerprint density at radius 2 is 0.964 bits per heavy atom. The van der Waals surface area contributed by atoms with Crippen molar-refractivity contribution < 1.29 is 53.2 Å². The SMILES string of the molecule is CCCCCCCCCCCCCC(=O)N[C@@H](CCC(=O)NCCCOCCOCCOCCCNC(=O)CCC(=O)CCCCC[C@H](N)C(=O)O)C(=O)O. The van der Waals surface area contributed by atoms with Crippen molar-refractivity contribution in [2.75, 3.05) is 52.7 Å². The molecule has 2 atom stereocenters. The van der Waals surface area contributed by atoms with Gasteiger partial charge in [-0.25, -0.2) is 4.79 Å². The summed E-state index contributed by atoms with van der Waals surface area (Å²) in [4.78, 5) is 70.6. The van der Waals surface area contributed by atoms with Gasteiger partial charge in [0.1, 0.15) is 17.9 Å². The van der Waals surface area contributed by atoms with Crippen LogP contribution in [0.5, 0.6) is 0 Å². The average molecular weight is 787 g/mol. The van der Waals surface area contributed by atoms with Crippen LogP contribution in [0.15, 0.2) is 0 Å². The smallest absolute Gasteiger partial charge is 0.326 e. The largest absolute Gasteiger partial charge is 0.480 e. The van der Waals surface area contributed by atoms with Gasteiger partial charge in [0.05, 0.1) is 26.4 Å². The molecule has 0 bridgehead atoms. The highest BCUT2D eigenvalue weighted by Crippen LogP contribution is 2.12. The van der Waals surface area contributed by atoms with Crippen LogP contribution in [0.1, 0.15) is 155 Å². The van der Waals surface area contributed by atoms with Gasteiger partial charge in [0.2, 0.25) is 17.7 Å². The Morgan fingerprint density at radius 3 is 1.49 bits per heavy atom. The summed E-state index contributed by atoms with van der Waals surface area (Å²) in [6, 6.07) is -1.95. The van der Waals surface area contributed by atoms with Gasteiger partial charge in [0.25, 0.3) is 0 Å². The highest BCUT2D eigenvalue weighted by atomic mass is 16.5. The van der Waals surface area contributed by atoms with E-state index < -0.39 is 24.0 Å². The van der Waals surface area contributed by atoms with Crippen molar-refractivity contribution in [3.63, 3.8) is 0 Å². The number of Topliss-reactive ketones (excluding diaryl/α,β-unsaturated/α-hetero) is 1. The quantitative estimate of drug-likeness (QED) is 0.0459. The Kier molecular flexibility index (Phi) is 35.6. The van der Waals surface area contributed by atoms with E-state index in [1.807, 2.05) is 0 Å². The minimum absolute atomic E-state index is 0.00206. The fourth-order valence-corrected chi connectivity index (χ4v) is 5.64. The van der Waals surface area contributed by atoms with Gasteiger partial charge in [-0.2, -0.15) is 0 Å². The predicted molar refractivity (Wildman–Crippen MR) is 211 cm³/mol. The van der Waals surface area contributed by atoms with E-state index in [0.717, 1.165) is 25.7 Å². The number of carboxylic acids is 2. The molecule has 0 rings (SSSR count). The summed E-state index contributed by atoms with van der Waals surface area (Å²) >= 11 is 0. The van der Waals surface area contributed by atoms with E-state index in [-0.39, 0.29) is 49.2 Å². The van der Waals surface area contributed by atoms with Crippen LogP contribution < -0.4 is 21.7 Å². The fraction of sp³-hybridized carbons (Fsp3) is 0.850. The van der Waals surface area contributed by atoms with E-state index in [9.17, 15) is 33.9 Å². The third-order valence-electron chi connectivity index (χ3n) is 9.04. The molecule has 0 radical (unpaired) electrons. The fourth-order valence-electron chi connectivity index (χ4n) is 5.64. The summed E-state index contributed by atoms with van der Waals surface area (Å²) < 4.78 is 16.5. The van der Waals surface area contributed by atoms with Crippen molar-refractivity contribution in [2.45, 2.75) is 167 Å². The number of carboxylic acid groups (broad SMARTS) is 2. The molecule has 3 amide bonds. The molecule has 0 unspecified atom stereocenters. The normalized spacial score (nSPS) is 12.2. The van der Waals surface area contributed by atoms with Crippen LogP contribution in [-0.4, -0.2) is 110 Å². The molecule has 0 fully saturated rings. The van der Waals surface area contributed by atoms with Gasteiger partial charge in [-0.05, 0) is 38.5 Å². The predicted octanol–water partition coefficient (Wildman–Crippen LogP) is 4.81. The van der Waals surface area contributed by atoms with Crippen molar-refractivity contribution in [3.8, 4) is 0 Å². The van der Waals surface area contributed by atoms with Crippen LogP contribution in [0.25, 0.3) is 0 Å². The zero-order valence-electron chi connectivity index (χ0n) is 33.7. The number of hydrogen-bond donors (Lipinski definition) is 6. The molecule has 0 aliphatic carbocycles. The lowest BCUT2D eigenvalue weighted by atomic mass is 10.0. The molecule has 0 aromatic heterocycles. The van der Waals surface area contributed by atoms with Crippen molar-refractivity contribution >= 4 is 35.4 Å². The first-order valence-electron chi connectivity index (χ1n) is 20.9. The Labute approximate surface area is 329 Å². The summed E-state index contributed by atoms with van der Waals surface area (Å²) in [6.45, 7) is 5.54. The van der Waals surface area contributed by atoms with Crippen LogP contribution in [0.2, 0.25) is 0 Å². The Morgan fingerprint density at radius 1 is 0.491 bits per heavy atom. The van der Waals surface area contributed by atoms with Gasteiger partial charge < -0.3 is 46.1 Å². The minimum Gasteiger partial charge on any atom is -0.480 e. The second-order valence-corrected chi connectivity index (χ2v) is 14.1. The molecular formula is C40H74N4O11. The number of nitrogens with two attached hydrogens (primary N) is 1. The number of nitrogens with one attached hydrogen (secondary N) is 3. The summed E-state index contributed by atoms with van der Waals surface area (Å²) in [7, 11) is 0. The van der Waals surface area contributed by atoms with Crippen molar-refractivity contribution in [1.29, 1.82) is 0 Å². The lowest BCUT2D eigenvalue weighted by Crippen LogP contribution is -2.41. The molecule has 320 valence electrons.